The lowest BCUT2D eigenvalue weighted by molar-refractivity contribution is 0.177. The first-order valence-electron chi connectivity index (χ1n) is 8.54. The van der Waals surface area contributed by atoms with Gasteiger partial charge in [-0.1, -0.05) is 30.3 Å². The third-order valence-electron chi connectivity index (χ3n) is 4.92. The number of anilines is 1. The van der Waals surface area contributed by atoms with Gasteiger partial charge >= 0.3 is 0 Å². The van der Waals surface area contributed by atoms with Crippen LogP contribution in [0.4, 0.5) is 5.82 Å². The topological polar surface area (TPSA) is 65.1 Å². The highest BCUT2D eigenvalue weighted by molar-refractivity contribution is 5.80. The van der Waals surface area contributed by atoms with Crippen LogP contribution in [0.15, 0.2) is 53.1 Å². The second kappa shape index (κ2) is 6.58. The van der Waals surface area contributed by atoms with Crippen LogP contribution in [0.3, 0.4) is 0 Å². The summed E-state index contributed by atoms with van der Waals surface area (Å²) in [5.74, 6) is 1.15. The minimum atomic E-state index is 0.317. The standard InChI is InChI=1S/C20H20N4O/c1-24-8-7-16(11-18(24)14-5-3-2-4-6-14)23-20-10-15-9-17(12-21)25-19(15)13-22-20/h2-6,9-10,13,16,18H,7-8,11H2,1H3,(H,22,23)/t16-,18-/m0/s1. The summed E-state index contributed by atoms with van der Waals surface area (Å²) in [5, 5.41) is 13.4. The zero-order valence-corrected chi connectivity index (χ0v) is 14.1. The number of piperidine rings is 1. The highest BCUT2D eigenvalue weighted by Crippen LogP contribution is 2.31. The second-order valence-corrected chi connectivity index (χ2v) is 6.60. The number of fused-ring (bicyclic) bond motifs is 1. The van der Waals surface area contributed by atoms with Gasteiger partial charge in [-0.3, -0.25) is 4.90 Å². The van der Waals surface area contributed by atoms with Crippen LogP contribution >= 0.6 is 0 Å². The van der Waals surface area contributed by atoms with Crippen LogP contribution in [-0.4, -0.2) is 29.5 Å². The molecule has 0 bridgehead atoms. The summed E-state index contributed by atoms with van der Waals surface area (Å²) in [5.41, 5.74) is 2.00. The molecule has 0 spiro atoms. The number of hydrogen-bond acceptors (Lipinski definition) is 5. The summed E-state index contributed by atoms with van der Waals surface area (Å²) in [4.78, 5) is 6.85. The van der Waals surface area contributed by atoms with Crippen LogP contribution in [0.25, 0.3) is 11.0 Å². The van der Waals surface area contributed by atoms with Gasteiger partial charge in [0.15, 0.2) is 5.58 Å². The summed E-state index contributed by atoms with van der Waals surface area (Å²) >= 11 is 0. The zero-order valence-electron chi connectivity index (χ0n) is 14.1. The molecular weight excluding hydrogens is 312 g/mol. The van der Waals surface area contributed by atoms with Crippen LogP contribution in [-0.2, 0) is 0 Å². The quantitative estimate of drug-likeness (QED) is 0.787. The molecule has 0 saturated carbocycles. The van der Waals surface area contributed by atoms with Gasteiger partial charge in [0.1, 0.15) is 11.9 Å². The molecule has 25 heavy (non-hydrogen) atoms. The van der Waals surface area contributed by atoms with Crippen molar-refractivity contribution in [1.82, 2.24) is 9.88 Å². The fourth-order valence-corrected chi connectivity index (χ4v) is 3.57. The van der Waals surface area contributed by atoms with E-state index in [-0.39, 0.29) is 0 Å². The Balaban J connectivity index is 1.51. The predicted molar refractivity (Wildman–Crippen MR) is 97.2 cm³/mol. The van der Waals surface area contributed by atoms with Crippen molar-refractivity contribution >= 4 is 16.8 Å². The summed E-state index contributed by atoms with van der Waals surface area (Å²) in [6, 6.07) is 17.2. The highest BCUT2D eigenvalue weighted by Gasteiger charge is 2.27. The molecule has 1 aliphatic rings. The monoisotopic (exact) mass is 332 g/mol. The van der Waals surface area contributed by atoms with E-state index in [1.807, 2.05) is 12.1 Å². The molecule has 0 unspecified atom stereocenters. The van der Waals surface area contributed by atoms with E-state index in [1.165, 1.54) is 5.56 Å². The average molecular weight is 332 g/mol. The van der Waals surface area contributed by atoms with Crippen LogP contribution in [0.5, 0.6) is 0 Å². The molecule has 4 rings (SSSR count). The third kappa shape index (κ3) is 3.21. The number of nitrogens with zero attached hydrogens (tertiary/aromatic N) is 3. The number of rotatable bonds is 3. The molecule has 0 radical (unpaired) electrons. The molecular formula is C20H20N4O. The number of pyridine rings is 1. The van der Waals surface area contributed by atoms with E-state index in [2.05, 4.69) is 52.6 Å². The molecule has 0 amide bonds. The molecule has 126 valence electrons. The van der Waals surface area contributed by atoms with Crippen molar-refractivity contribution < 1.29 is 4.42 Å². The zero-order chi connectivity index (χ0) is 17.2. The lowest BCUT2D eigenvalue weighted by atomic mass is 9.92. The van der Waals surface area contributed by atoms with Crippen molar-refractivity contribution in [3.8, 4) is 6.07 Å². The van der Waals surface area contributed by atoms with Crippen LogP contribution < -0.4 is 5.32 Å². The molecule has 1 aromatic carbocycles. The average Bonchev–Trinajstić information content (AvgIpc) is 3.06. The van der Waals surface area contributed by atoms with Gasteiger partial charge in [0.2, 0.25) is 5.76 Å². The van der Waals surface area contributed by atoms with E-state index >= 15 is 0 Å². The molecule has 1 N–H and O–H groups in total. The maximum atomic E-state index is 8.95. The number of aromatic nitrogens is 1. The molecule has 5 heteroatoms. The number of nitrogens with one attached hydrogen (secondary N) is 1. The Morgan fingerprint density at radius 3 is 2.92 bits per heavy atom. The van der Waals surface area contributed by atoms with Gasteiger partial charge in [-0.25, -0.2) is 4.98 Å². The maximum absolute atomic E-state index is 8.95. The Kier molecular flexibility index (Phi) is 4.12. The van der Waals surface area contributed by atoms with E-state index < -0.39 is 0 Å². The fraction of sp³-hybridized carbons (Fsp3) is 0.300. The van der Waals surface area contributed by atoms with E-state index in [0.717, 1.165) is 30.6 Å². The smallest absolute Gasteiger partial charge is 0.204 e. The molecule has 1 aliphatic heterocycles. The summed E-state index contributed by atoms with van der Waals surface area (Å²) < 4.78 is 5.39. The Hall–Kier alpha value is -2.84. The molecule has 2 aromatic heterocycles. The summed E-state index contributed by atoms with van der Waals surface area (Å²) in [7, 11) is 2.19. The first kappa shape index (κ1) is 15.7. The van der Waals surface area contributed by atoms with Gasteiger partial charge < -0.3 is 9.73 Å². The van der Waals surface area contributed by atoms with E-state index in [0.29, 0.717) is 23.4 Å². The minimum absolute atomic E-state index is 0.317. The largest absolute Gasteiger partial charge is 0.444 e. The SMILES string of the molecule is CN1CC[C@H](Nc2cc3cc(C#N)oc3cn2)C[C@H]1c1ccccc1. The van der Waals surface area contributed by atoms with E-state index in [4.69, 9.17) is 9.68 Å². The van der Waals surface area contributed by atoms with Crippen molar-refractivity contribution in [1.29, 1.82) is 5.26 Å². The molecule has 3 aromatic rings. The highest BCUT2D eigenvalue weighted by atomic mass is 16.3. The minimum Gasteiger partial charge on any atom is -0.444 e. The molecule has 0 aliphatic carbocycles. The number of nitriles is 1. The lowest BCUT2D eigenvalue weighted by Crippen LogP contribution is -2.39. The van der Waals surface area contributed by atoms with Gasteiger partial charge in [-0.15, -0.1) is 0 Å². The van der Waals surface area contributed by atoms with Crippen LogP contribution in [0.1, 0.15) is 30.2 Å². The van der Waals surface area contributed by atoms with Crippen LogP contribution in [0.2, 0.25) is 0 Å². The second-order valence-electron chi connectivity index (χ2n) is 6.60. The van der Waals surface area contributed by atoms with Crippen molar-refractivity contribution in [2.45, 2.75) is 24.9 Å². The molecule has 2 atom stereocenters. The van der Waals surface area contributed by atoms with Crippen molar-refractivity contribution in [3.63, 3.8) is 0 Å². The van der Waals surface area contributed by atoms with E-state index in [9.17, 15) is 0 Å². The van der Waals surface area contributed by atoms with Crippen molar-refractivity contribution in [2.24, 2.45) is 0 Å². The van der Waals surface area contributed by atoms with Gasteiger partial charge in [0.25, 0.3) is 0 Å². The summed E-state index contributed by atoms with van der Waals surface area (Å²) in [6.45, 7) is 1.05. The molecule has 5 nitrogen and oxygen atoms in total. The Bertz CT molecular complexity index is 912. The van der Waals surface area contributed by atoms with Gasteiger partial charge in [-0.05, 0) is 31.5 Å². The van der Waals surface area contributed by atoms with Crippen molar-refractivity contribution in [3.05, 3.63) is 60.0 Å². The lowest BCUT2D eigenvalue weighted by Gasteiger charge is -2.38. The Labute approximate surface area is 146 Å². The van der Waals surface area contributed by atoms with Gasteiger partial charge in [0, 0.05) is 30.1 Å². The fourth-order valence-electron chi connectivity index (χ4n) is 3.57. The number of benzene rings is 1. The predicted octanol–water partition coefficient (Wildman–Crippen LogP) is 3.95. The van der Waals surface area contributed by atoms with Crippen molar-refractivity contribution in [2.75, 3.05) is 18.9 Å². The first-order valence-corrected chi connectivity index (χ1v) is 8.54. The molecule has 3 heterocycles. The Morgan fingerprint density at radius 2 is 2.12 bits per heavy atom. The van der Waals surface area contributed by atoms with E-state index in [1.54, 1.807) is 12.3 Å². The summed E-state index contributed by atoms with van der Waals surface area (Å²) in [6.07, 6.45) is 3.80. The van der Waals surface area contributed by atoms with Crippen LogP contribution in [0, 0.1) is 11.3 Å². The van der Waals surface area contributed by atoms with Gasteiger partial charge in [-0.2, -0.15) is 5.26 Å². The third-order valence-corrected chi connectivity index (χ3v) is 4.92. The number of likely N-dealkylation sites (tertiary alicyclic amines) is 1. The normalized spacial score (nSPS) is 21.1. The van der Waals surface area contributed by atoms with Gasteiger partial charge in [0.05, 0.1) is 6.20 Å². The first-order chi connectivity index (χ1) is 12.2. The maximum Gasteiger partial charge on any atom is 0.204 e. The molecule has 1 fully saturated rings. The number of hydrogen-bond donors (Lipinski definition) is 1. The number of furan rings is 1. The molecule has 1 saturated heterocycles. The Morgan fingerprint density at radius 1 is 1.28 bits per heavy atom.